The Labute approximate surface area is 222 Å². The number of aliphatic hydroxyl groups excluding tert-OH is 1. The summed E-state index contributed by atoms with van der Waals surface area (Å²) in [6, 6.07) is 17.1. The van der Waals surface area contributed by atoms with Crippen molar-refractivity contribution < 1.29 is 14.7 Å². The Bertz CT molecular complexity index is 1740. The number of carbonyl (C=O) groups is 2. The third-order valence-corrected chi connectivity index (χ3v) is 7.89. The highest BCUT2D eigenvalue weighted by Crippen LogP contribution is 2.45. The highest BCUT2D eigenvalue weighted by molar-refractivity contribution is 9.10. The molecule has 1 amide bonds. The zero-order chi connectivity index (χ0) is 25.1. The number of aliphatic hydroxyl groups is 1. The van der Waals surface area contributed by atoms with Gasteiger partial charge in [0.2, 0.25) is 0 Å². The van der Waals surface area contributed by atoms with Crippen molar-refractivity contribution in [1.82, 2.24) is 14.4 Å². The van der Waals surface area contributed by atoms with E-state index >= 15 is 0 Å². The van der Waals surface area contributed by atoms with Crippen molar-refractivity contribution in [3.05, 3.63) is 98.9 Å². The normalized spacial score (nSPS) is 17.5. The van der Waals surface area contributed by atoms with E-state index in [1.165, 1.54) is 16.2 Å². The first-order valence-corrected chi connectivity index (χ1v) is 12.9. The van der Waals surface area contributed by atoms with Crippen LogP contribution in [-0.2, 0) is 9.59 Å². The van der Waals surface area contributed by atoms with Gasteiger partial charge in [0, 0.05) is 15.7 Å². The maximum Gasteiger partial charge on any atom is 0.301 e. The van der Waals surface area contributed by atoms with E-state index < -0.39 is 17.7 Å². The first-order valence-electron chi connectivity index (χ1n) is 10.9. The number of imidazole rings is 1. The average Bonchev–Trinajstić information content (AvgIpc) is 3.50. The molecular formula is C26H16BrClN4O3S. The lowest BCUT2D eigenvalue weighted by Gasteiger charge is -2.23. The third-order valence-electron chi connectivity index (χ3n) is 6.10. The first kappa shape index (κ1) is 22.9. The average molecular weight is 580 g/mol. The molecular weight excluding hydrogens is 564 g/mol. The molecule has 0 saturated carbocycles. The summed E-state index contributed by atoms with van der Waals surface area (Å²) in [4.78, 5) is 37.5. The summed E-state index contributed by atoms with van der Waals surface area (Å²) in [6.07, 6.45) is 1.76. The second kappa shape index (κ2) is 8.55. The van der Waals surface area contributed by atoms with Gasteiger partial charge in [-0.25, -0.2) is 9.97 Å². The van der Waals surface area contributed by atoms with Crippen LogP contribution in [0.25, 0.3) is 21.6 Å². The van der Waals surface area contributed by atoms with Crippen molar-refractivity contribution in [2.75, 3.05) is 4.90 Å². The number of thiazole rings is 1. The van der Waals surface area contributed by atoms with Gasteiger partial charge < -0.3 is 5.11 Å². The Kier molecular flexibility index (Phi) is 5.44. The molecule has 1 fully saturated rings. The molecule has 1 unspecified atom stereocenters. The molecule has 3 aromatic heterocycles. The number of amides is 1. The van der Waals surface area contributed by atoms with Crippen LogP contribution in [0.3, 0.4) is 0 Å². The monoisotopic (exact) mass is 578 g/mol. The van der Waals surface area contributed by atoms with Crippen molar-refractivity contribution in [1.29, 1.82) is 0 Å². The number of halogens is 2. The number of anilines is 1. The molecule has 7 nitrogen and oxygen atoms in total. The second-order valence-electron chi connectivity index (χ2n) is 8.30. The van der Waals surface area contributed by atoms with Gasteiger partial charge in [-0.2, -0.15) is 0 Å². The number of Topliss-reactive ketones (excluding diaryl/α,β-unsaturated/α-hetero) is 1. The van der Waals surface area contributed by atoms with Crippen LogP contribution in [-0.4, -0.2) is 31.2 Å². The first-order chi connectivity index (χ1) is 17.3. The lowest BCUT2D eigenvalue weighted by atomic mass is 9.96. The smallest absolute Gasteiger partial charge is 0.301 e. The van der Waals surface area contributed by atoms with Crippen LogP contribution in [0.4, 0.5) is 5.13 Å². The van der Waals surface area contributed by atoms with Crippen LogP contribution in [0.5, 0.6) is 0 Å². The number of nitrogens with zero attached hydrogens (tertiary/aromatic N) is 4. The predicted octanol–water partition coefficient (Wildman–Crippen LogP) is 6.29. The van der Waals surface area contributed by atoms with Gasteiger partial charge in [-0.15, -0.1) is 0 Å². The zero-order valence-electron chi connectivity index (χ0n) is 18.6. The molecule has 4 heterocycles. The molecule has 0 aliphatic carbocycles. The van der Waals surface area contributed by atoms with Gasteiger partial charge in [0.15, 0.2) is 10.9 Å². The van der Waals surface area contributed by atoms with Gasteiger partial charge in [0.25, 0.3) is 5.78 Å². The highest BCUT2D eigenvalue weighted by Gasteiger charge is 2.48. The summed E-state index contributed by atoms with van der Waals surface area (Å²) in [6.45, 7) is 1.75. The number of benzene rings is 2. The van der Waals surface area contributed by atoms with Gasteiger partial charge >= 0.3 is 5.91 Å². The van der Waals surface area contributed by atoms with E-state index in [1.807, 2.05) is 36.4 Å². The molecule has 1 N–H and O–H groups in total. The van der Waals surface area contributed by atoms with E-state index in [9.17, 15) is 14.7 Å². The van der Waals surface area contributed by atoms with Crippen molar-refractivity contribution in [2.24, 2.45) is 0 Å². The topological polar surface area (TPSA) is 87.8 Å². The van der Waals surface area contributed by atoms with Gasteiger partial charge in [0.05, 0.1) is 27.5 Å². The van der Waals surface area contributed by atoms with Gasteiger partial charge in [-0.3, -0.25) is 18.9 Å². The Hall–Kier alpha value is -3.53. The maximum atomic E-state index is 13.5. The molecule has 178 valence electrons. The van der Waals surface area contributed by atoms with E-state index in [0.717, 1.165) is 9.17 Å². The van der Waals surface area contributed by atoms with Crippen molar-refractivity contribution in [3.8, 4) is 0 Å². The van der Waals surface area contributed by atoms with Crippen molar-refractivity contribution >= 4 is 77.3 Å². The molecule has 10 heteroatoms. The maximum absolute atomic E-state index is 13.5. The summed E-state index contributed by atoms with van der Waals surface area (Å²) in [5, 5.41) is 12.5. The summed E-state index contributed by atoms with van der Waals surface area (Å²) < 4.78 is 3.33. The van der Waals surface area contributed by atoms with Crippen LogP contribution >= 0.6 is 38.9 Å². The van der Waals surface area contributed by atoms with Crippen LogP contribution in [0.1, 0.15) is 23.0 Å². The molecule has 0 radical (unpaired) electrons. The van der Waals surface area contributed by atoms with Gasteiger partial charge in [-0.05, 0) is 55.0 Å². The number of aromatic nitrogens is 3. The molecule has 0 bridgehead atoms. The molecule has 1 atom stereocenters. The minimum absolute atomic E-state index is 0.0200. The second-order valence-corrected chi connectivity index (χ2v) is 10.7. The van der Waals surface area contributed by atoms with E-state index in [-0.39, 0.29) is 11.3 Å². The lowest BCUT2D eigenvalue weighted by Crippen LogP contribution is -2.29. The fourth-order valence-electron chi connectivity index (χ4n) is 4.51. The molecule has 36 heavy (non-hydrogen) atoms. The minimum Gasteiger partial charge on any atom is -0.505 e. The Balaban J connectivity index is 1.61. The molecule has 1 saturated heterocycles. The molecule has 1 aliphatic rings. The van der Waals surface area contributed by atoms with E-state index in [2.05, 4.69) is 25.9 Å². The third kappa shape index (κ3) is 3.54. The largest absolute Gasteiger partial charge is 0.505 e. The summed E-state index contributed by atoms with van der Waals surface area (Å²) >= 11 is 10.9. The fraction of sp³-hybridized carbons (Fsp3) is 0.0769. The van der Waals surface area contributed by atoms with Gasteiger partial charge in [-0.1, -0.05) is 57.1 Å². The Morgan fingerprint density at radius 2 is 1.86 bits per heavy atom. The number of rotatable bonds is 3. The summed E-state index contributed by atoms with van der Waals surface area (Å²) in [5.41, 5.74) is 2.81. The molecule has 2 aromatic carbocycles. The molecule has 0 spiro atoms. The zero-order valence-corrected chi connectivity index (χ0v) is 21.8. The number of fused-ring (bicyclic) bond motifs is 2. The predicted molar refractivity (Wildman–Crippen MR) is 143 cm³/mol. The van der Waals surface area contributed by atoms with E-state index in [1.54, 1.807) is 41.8 Å². The number of hydrogen-bond acceptors (Lipinski definition) is 6. The Morgan fingerprint density at radius 3 is 2.64 bits per heavy atom. The quantitative estimate of drug-likeness (QED) is 0.154. The number of carbonyl (C=O) groups excluding carboxylic acids is 2. The highest BCUT2D eigenvalue weighted by atomic mass is 79.9. The van der Waals surface area contributed by atoms with E-state index in [0.29, 0.717) is 38.3 Å². The standard InChI is InChI=1S/C26H16BrClN4O3S/c1-13-21(31-11-3-2-4-19(31)29-13)23(33)20-22(14-5-7-15(27)8-6-14)32(25(35)24(20)34)26-30-17-10-9-16(28)12-18(17)36-26/h2-12,22,33H,1H3. The molecule has 5 aromatic rings. The van der Waals surface area contributed by atoms with Crippen LogP contribution in [0.15, 0.2) is 76.9 Å². The number of ketones is 1. The molecule has 1 aliphatic heterocycles. The van der Waals surface area contributed by atoms with Crippen LogP contribution < -0.4 is 4.90 Å². The summed E-state index contributed by atoms with van der Waals surface area (Å²) in [7, 11) is 0. The summed E-state index contributed by atoms with van der Waals surface area (Å²) in [5.74, 6) is -1.84. The van der Waals surface area contributed by atoms with Crippen LogP contribution in [0.2, 0.25) is 5.02 Å². The van der Waals surface area contributed by atoms with Crippen molar-refractivity contribution in [2.45, 2.75) is 13.0 Å². The Morgan fingerprint density at radius 1 is 1.08 bits per heavy atom. The van der Waals surface area contributed by atoms with Gasteiger partial charge in [0.1, 0.15) is 11.3 Å². The number of hydrogen-bond donors (Lipinski definition) is 1. The lowest BCUT2D eigenvalue weighted by molar-refractivity contribution is -0.132. The molecule has 6 rings (SSSR count). The van der Waals surface area contributed by atoms with Crippen LogP contribution in [0, 0.1) is 6.92 Å². The minimum atomic E-state index is -0.886. The SMILES string of the molecule is Cc1nc2ccccn2c1C(O)=C1C(=O)C(=O)N(c2nc3ccc(Cl)cc3s2)C1c1ccc(Br)cc1. The number of pyridine rings is 1. The number of aryl methyl sites for hydroxylation is 1. The van der Waals surface area contributed by atoms with Crippen molar-refractivity contribution in [3.63, 3.8) is 0 Å². The fourth-order valence-corrected chi connectivity index (χ4v) is 6.04. The van der Waals surface area contributed by atoms with E-state index in [4.69, 9.17) is 11.6 Å².